The molecule has 0 aromatic heterocycles. The van der Waals surface area contributed by atoms with Crippen LogP contribution in [0.3, 0.4) is 0 Å². The summed E-state index contributed by atoms with van der Waals surface area (Å²) in [7, 11) is 0. The molecule has 14 heteroatoms. The van der Waals surface area contributed by atoms with Gasteiger partial charge in [-0.15, -0.1) is 0 Å². The molecule has 0 radical (unpaired) electrons. The van der Waals surface area contributed by atoms with Gasteiger partial charge in [0.25, 0.3) is 0 Å². The van der Waals surface area contributed by atoms with Crippen molar-refractivity contribution in [3.63, 3.8) is 0 Å². The zero-order chi connectivity index (χ0) is 24.0. The topological polar surface area (TPSA) is 257 Å². The number of carbonyl (C=O) groups is 6. The second-order valence-electron chi connectivity index (χ2n) is 6.73. The number of hydrogen-bond donors (Lipinski definition) is 8. The Morgan fingerprint density at radius 1 is 0.871 bits per heavy atom. The van der Waals surface area contributed by atoms with Gasteiger partial charge in [0, 0.05) is 6.42 Å². The van der Waals surface area contributed by atoms with Crippen molar-refractivity contribution in [3.05, 3.63) is 0 Å². The fourth-order valence-corrected chi connectivity index (χ4v) is 2.39. The predicted octanol–water partition coefficient (Wildman–Crippen LogP) is -3.65. The zero-order valence-corrected chi connectivity index (χ0v) is 17.0. The number of aliphatic carboxylic acids is 2. The van der Waals surface area contributed by atoms with Gasteiger partial charge >= 0.3 is 11.9 Å². The SMILES string of the molecule is NCCCCC(NC(=O)CNC(=O)C(CC(N)=O)NC(=O)C(N)CCC(=O)O)C(=O)O. The molecule has 0 aliphatic carbocycles. The number of carboxylic acid groups (broad SMARTS) is 2. The molecule has 31 heavy (non-hydrogen) atoms. The van der Waals surface area contributed by atoms with Crippen LogP contribution in [0.2, 0.25) is 0 Å². The first-order chi connectivity index (χ1) is 14.5. The lowest BCUT2D eigenvalue weighted by Gasteiger charge is -2.20. The van der Waals surface area contributed by atoms with Gasteiger partial charge in [-0.1, -0.05) is 0 Å². The van der Waals surface area contributed by atoms with Gasteiger partial charge < -0.3 is 43.4 Å². The number of primary amides is 1. The van der Waals surface area contributed by atoms with Crippen molar-refractivity contribution in [1.82, 2.24) is 16.0 Å². The van der Waals surface area contributed by atoms with Crippen LogP contribution in [-0.2, 0) is 28.8 Å². The van der Waals surface area contributed by atoms with Crippen molar-refractivity contribution in [2.75, 3.05) is 13.1 Å². The number of rotatable bonds is 16. The molecule has 0 heterocycles. The van der Waals surface area contributed by atoms with E-state index in [-0.39, 0.29) is 19.3 Å². The first-order valence-corrected chi connectivity index (χ1v) is 9.53. The lowest BCUT2D eigenvalue weighted by atomic mass is 10.1. The highest BCUT2D eigenvalue weighted by Crippen LogP contribution is 2.01. The van der Waals surface area contributed by atoms with Gasteiger partial charge in [-0.25, -0.2) is 4.79 Å². The van der Waals surface area contributed by atoms with E-state index in [0.29, 0.717) is 19.4 Å². The molecule has 0 fully saturated rings. The summed E-state index contributed by atoms with van der Waals surface area (Å²) >= 11 is 0. The van der Waals surface area contributed by atoms with E-state index >= 15 is 0 Å². The highest BCUT2D eigenvalue weighted by atomic mass is 16.4. The first-order valence-electron chi connectivity index (χ1n) is 9.53. The largest absolute Gasteiger partial charge is 0.481 e. The van der Waals surface area contributed by atoms with E-state index in [1.807, 2.05) is 0 Å². The Balaban J connectivity index is 4.80. The first kappa shape index (κ1) is 27.7. The van der Waals surface area contributed by atoms with Gasteiger partial charge in [0.1, 0.15) is 12.1 Å². The minimum atomic E-state index is -1.45. The van der Waals surface area contributed by atoms with Crippen molar-refractivity contribution in [3.8, 4) is 0 Å². The van der Waals surface area contributed by atoms with Crippen molar-refractivity contribution in [2.24, 2.45) is 17.2 Å². The molecule has 11 N–H and O–H groups in total. The number of carbonyl (C=O) groups excluding carboxylic acids is 4. The molecule has 14 nitrogen and oxygen atoms in total. The Hall–Kier alpha value is -3.26. The smallest absolute Gasteiger partial charge is 0.326 e. The summed E-state index contributed by atoms with van der Waals surface area (Å²) < 4.78 is 0. The summed E-state index contributed by atoms with van der Waals surface area (Å²) in [5.41, 5.74) is 16.0. The van der Waals surface area contributed by atoms with E-state index < -0.39 is 66.7 Å². The van der Waals surface area contributed by atoms with Gasteiger partial charge in [-0.2, -0.15) is 0 Å². The number of carboxylic acids is 2. The Labute approximate surface area is 178 Å². The molecule has 0 spiro atoms. The summed E-state index contributed by atoms with van der Waals surface area (Å²) in [6.07, 6.45) is 0.0453. The van der Waals surface area contributed by atoms with Crippen LogP contribution in [0.25, 0.3) is 0 Å². The fraction of sp³-hybridized carbons (Fsp3) is 0.647. The quantitative estimate of drug-likeness (QED) is 0.108. The molecule has 176 valence electrons. The fourth-order valence-electron chi connectivity index (χ4n) is 2.39. The average Bonchev–Trinajstić information content (AvgIpc) is 2.68. The van der Waals surface area contributed by atoms with Crippen LogP contribution in [-0.4, -0.2) is 77.0 Å². The van der Waals surface area contributed by atoms with Crippen LogP contribution >= 0.6 is 0 Å². The second-order valence-corrected chi connectivity index (χ2v) is 6.73. The van der Waals surface area contributed by atoms with E-state index in [4.69, 9.17) is 27.4 Å². The highest BCUT2D eigenvalue weighted by Gasteiger charge is 2.26. The monoisotopic (exact) mass is 446 g/mol. The third-order valence-electron chi connectivity index (χ3n) is 4.05. The van der Waals surface area contributed by atoms with Gasteiger partial charge in [0.15, 0.2) is 0 Å². The normalized spacial score (nSPS) is 13.4. The molecule has 0 rings (SSSR count). The second kappa shape index (κ2) is 14.7. The van der Waals surface area contributed by atoms with Crippen LogP contribution in [0.1, 0.15) is 38.5 Å². The van der Waals surface area contributed by atoms with Crippen LogP contribution in [0.5, 0.6) is 0 Å². The Bertz CT molecular complexity index is 671. The van der Waals surface area contributed by atoms with Gasteiger partial charge in [0.05, 0.1) is 19.0 Å². The standard InChI is InChI=1S/C17H30N6O8/c18-6-2-1-3-10(17(30)31)22-13(25)8-21-16(29)11(7-12(20)24)23-15(28)9(19)4-5-14(26)27/h9-11H,1-8,18-19H2,(H2,20,24)(H,21,29)(H,22,25)(H,23,28)(H,26,27)(H,30,31). The molecule has 3 atom stereocenters. The Morgan fingerprint density at radius 2 is 1.52 bits per heavy atom. The van der Waals surface area contributed by atoms with E-state index in [1.54, 1.807) is 0 Å². The molecule has 4 amide bonds. The number of amides is 4. The maximum Gasteiger partial charge on any atom is 0.326 e. The van der Waals surface area contributed by atoms with Crippen LogP contribution < -0.4 is 33.2 Å². The summed E-state index contributed by atoms with van der Waals surface area (Å²) in [4.78, 5) is 69.2. The third kappa shape index (κ3) is 12.8. The van der Waals surface area contributed by atoms with Crippen molar-refractivity contribution in [1.29, 1.82) is 0 Å². The Morgan fingerprint density at radius 3 is 2.03 bits per heavy atom. The van der Waals surface area contributed by atoms with E-state index in [2.05, 4.69) is 16.0 Å². The van der Waals surface area contributed by atoms with Gasteiger partial charge in [-0.05, 0) is 32.2 Å². The molecule has 0 saturated heterocycles. The molecule has 0 aromatic carbocycles. The van der Waals surface area contributed by atoms with Gasteiger partial charge in [-0.3, -0.25) is 24.0 Å². The maximum absolute atomic E-state index is 12.3. The van der Waals surface area contributed by atoms with Gasteiger partial charge in [0.2, 0.25) is 23.6 Å². The predicted molar refractivity (Wildman–Crippen MR) is 106 cm³/mol. The summed E-state index contributed by atoms with van der Waals surface area (Å²) in [6, 6.07) is -3.86. The minimum Gasteiger partial charge on any atom is -0.481 e. The molecule has 0 aromatic rings. The average molecular weight is 446 g/mol. The molecule has 0 aliphatic rings. The van der Waals surface area contributed by atoms with E-state index in [9.17, 15) is 28.8 Å². The molecular formula is C17H30N6O8. The highest BCUT2D eigenvalue weighted by molar-refractivity contribution is 5.95. The third-order valence-corrected chi connectivity index (χ3v) is 4.05. The molecule has 0 bridgehead atoms. The van der Waals surface area contributed by atoms with Crippen LogP contribution in [0.15, 0.2) is 0 Å². The molecule has 0 saturated carbocycles. The summed E-state index contributed by atoms with van der Waals surface area (Å²) in [5, 5.41) is 24.4. The van der Waals surface area contributed by atoms with E-state index in [0.717, 1.165) is 0 Å². The molecule has 0 aliphatic heterocycles. The summed E-state index contributed by atoms with van der Waals surface area (Å²) in [6.45, 7) is -0.237. The van der Waals surface area contributed by atoms with Crippen LogP contribution in [0, 0.1) is 0 Å². The lowest BCUT2D eigenvalue weighted by molar-refractivity contribution is -0.142. The minimum absolute atomic E-state index is 0.154. The molecule has 3 unspecified atom stereocenters. The van der Waals surface area contributed by atoms with Crippen molar-refractivity contribution >= 4 is 35.6 Å². The molecular weight excluding hydrogens is 416 g/mol. The maximum atomic E-state index is 12.3. The van der Waals surface area contributed by atoms with E-state index in [1.165, 1.54) is 0 Å². The number of hydrogen-bond acceptors (Lipinski definition) is 8. The van der Waals surface area contributed by atoms with Crippen molar-refractivity contribution < 1.29 is 39.0 Å². The zero-order valence-electron chi connectivity index (χ0n) is 17.0. The lowest BCUT2D eigenvalue weighted by Crippen LogP contribution is -2.54. The number of nitrogens with one attached hydrogen (secondary N) is 3. The number of nitrogens with two attached hydrogens (primary N) is 3. The Kier molecular flexibility index (Phi) is 13.1. The van der Waals surface area contributed by atoms with Crippen LogP contribution in [0.4, 0.5) is 0 Å². The summed E-state index contributed by atoms with van der Waals surface area (Å²) in [5.74, 6) is -5.93. The van der Waals surface area contributed by atoms with Crippen molar-refractivity contribution in [2.45, 2.75) is 56.7 Å². The number of unbranched alkanes of at least 4 members (excludes halogenated alkanes) is 1.